The normalized spacial score (nSPS) is 18.5. The predicted octanol–water partition coefficient (Wildman–Crippen LogP) is 3.25. The van der Waals surface area contributed by atoms with E-state index in [1.54, 1.807) is 0 Å². The van der Waals surface area contributed by atoms with Gasteiger partial charge in [-0.1, -0.05) is 35.5 Å². The summed E-state index contributed by atoms with van der Waals surface area (Å²) in [5.41, 5.74) is 3.07. The van der Waals surface area contributed by atoms with Crippen molar-refractivity contribution in [2.75, 3.05) is 70.5 Å². The average molecular weight is 487 g/mol. The first-order valence-electron chi connectivity index (χ1n) is 13.2. The van der Waals surface area contributed by atoms with Gasteiger partial charge in [0.15, 0.2) is 0 Å². The number of aliphatic hydroxyl groups excluding tert-OH is 1. The van der Waals surface area contributed by atoms with Gasteiger partial charge in [0, 0.05) is 57.9 Å². The molecule has 1 atom stereocenters. The Labute approximate surface area is 209 Å². The minimum atomic E-state index is -0.555. The maximum absolute atomic E-state index is 10.8. The number of nitrogens with zero attached hydrogens (tertiary/aromatic N) is 4. The number of morpholine rings is 1. The van der Waals surface area contributed by atoms with Crippen LogP contribution >= 0.6 is 0 Å². The van der Waals surface area contributed by atoms with Crippen LogP contribution in [-0.4, -0.2) is 97.9 Å². The number of hydrogen-bond acceptors (Lipinski definition) is 8. The molecule has 3 heterocycles. The molecule has 0 spiro atoms. The Kier molecular flexibility index (Phi) is 9.97. The van der Waals surface area contributed by atoms with Crippen LogP contribution in [0.4, 0.5) is 5.88 Å². The molecule has 1 aromatic carbocycles. The first-order valence-corrected chi connectivity index (χ1v) is 13.2. The summed E-state index contributed by atoms with van der Waals surface area (Å²) < 4.78 is 17.2. The lowest BCUT2D eigenvalue weighted by atomic mass is 10.1. The second-order valence-electron chi connectivity index (χ2n) is 9.95. The van der Waals surface area contributed by atoms with Gasteiger partial charge in [-0.15, -0.1) is 0 Å². The predicted molar refractivity (Wildman–Crippen MR) is 138 cm³/mol. The number of benzene rings is 1. The highest BCUT2D eigenvalue weighted by Gasteiger charge is 2.26. The Morgan fingerprint density at radius 2 is 1.80 bits per heavy atom. The van der Waals surface area contributed by atoms with Crippen molar-refractivity contribution in [3.63, 3.8) is 0 Å². The van der Waals surface area contributed by atoms with Gasteiger partial charge in [-0.2, -0.15) is 0 Å². The molecule has 0 saturated carbocycles. The minimum absolute atomic E-state index is 0.0971. The smallest absolute Gasteiger partial charge is 0.232 e. The topological polar surface area (TPSA) is 74.4 Å². The summed E-state index contributed by atoms with van der Waals surface area (Å²) in [7, 11) is 0. The van der Waals surface area contributed by atoms with Crippen molar-refractivity contribution >= 4 is 5.88 Å². The Bertz CT molecular complexity index is 863. The fraction of sp³-hybridized carbons (Fsp3) is 0.667. The molecular weight excluding hydrogens is 444 g/mol. The highest BCUT2D eigenvalue weighted by Crippen LogP contribution is 2.34. The van der Waals surface area contributed by atoms with Crippen molar-refractivity contribution in [3.8, 4) is 11.3 Å². The number of hydrogen-bond donors (Lipinski definition) is 1. The summed E-state index contributed by atoms with van der Waals surface area (Å²) in [6, 6.07) is 10.3. The molecule has 194 valence electrons. The molecule has 0 aliphatic carbocycles. The second kappa shape index (κ2) is 13.4. The number of ether oxygens (including phenoxy) is 2. The molecule has 8 heteroatoms. The summed E-state index contributed by atoms with van der Waals surface area (Å²) in [6.07, 6.45) is 3.15. The van der Waals surface area contributed by atoms with E-state index in [9.17, 15) is 5.11 Å². The van der Waals surface area contributed by atoms with E-state index in [1.807, 2.05) is 32.0 Å². The largest absolute Gasteiger partial charge is 0.389 e. The average Bonchev–Trinajstić information content (AvgIpc) is 3.31. The van der Waals surface area contributed by atoms with E-state index < -0.39 is 6.10 Å². The summed E-state index contributed by atoms with van der Waals surface area (Å²) in [4.78, 5) is 7.11. The fourth-order valence-corrected chi connectivity index (χ4v) is 4.83. The third-order valence-electron chi connectivity index (χ3n) is 6.77. The van der Waals surface area contributed by atoms with Crippen molar-refractivity contribution in [2.45, 2.75) is 51.9 Å². The first-order chi connectivity index (χ1) is 17.1. The Morgan fingerprint density at radius 3 is 2.51 bits per heavy atom. The van der Waals surface area contributed by atoms with Crippen LogP contribution in [-0.2, 0) is 16.0 Å². The van der Waals surface area contributed by atoms with Crippen LogP contribution in [0.15, 0.2) is 34.9 Å². The zero-order valence-electron chi connectivity index (χ0n) is 21.4. The zero-order valence-corrected chi connectivity index (χ0v) is 21.4. The lowest BCUT2D eigenvalue weighted by Gasteiger charge is -2.32. The summed E-state index contributed by atoms with van der Waals surface area (Å²) >= 11 is 0. The molecular formula is C27H42N4O4. The van der Waals surface area contributed by atoms with Crippen molar-refractivity contribution in [3.05, 3.63) is 35.9 Å². The Morgan fingerprint density at radius 1 is 1.06 bits per heavy atom. The molecule has 2 saturated heterocycles. The van der Waals surface area contributed by atoms with Gasteiger partial charge in [-0.25, -0.2) is 0 Å². The fourth-order valence-electron chi connectivity index (χ4n) is 4.83. The second-order valence-corrected chi connectivity index (χ2v) is 9.95. The third kappa shape index (κ3) is 7.75. The molecule has 1 N–H and O–H groups in total. The number of anilines is 1. The van der Waals surface area contributed by atoms with E-state index in [4.69, 9.17) is 14.0 Å². The molecule has 2 aliphatic heterocycles. The molecule has 2 aromatic rings. The van der Waals surface area contributed by atoms with Gasteiger partial charge in [0.25, 0.3) is 0 Å². The lowest BCUT2D eigenvalue weighted by Crippen LogP contribution is -2.43. The monoisotopic (exact) mass is 486 g/mol. The maximum atomic E-state index is 10.8. The van der Waals surface area contributed by atoms with Gasteiger partial charge < -0.3 is 24.0 Å². The highest BCUT2D eigenvalue weighted by atomic mass is 16.5. The lowest BCUT2D eigenvalue weighted by molar-refractivity contribution is -0.0128. The van der Waals surface area contributed by atoms with Crippen molar-refractivity contribution in [2.24, 2.45) is 0 Å². The SMILES string of the molecule is CC(C)OCC(O)CN(CCN1CCOCC1)Cc1c(-c2ccccc2)noc1N1CCCCC1. The molecule has 2 aliphatic rings. The number of piperidine rings is 1. The standard InChI is InChI=1S/C27H42N4O4/c1-22(2)34-21-24(32)19-30(14-13-29-15-17-33-18-16-29)20-25-26(23-9-5-3-6-10-23)28-35-27(25)31-11-7-4-8-12-31/h3,5-6,9-10,22,24,32H,4,7-8,11-21H2,1-2H3. The van der Waals surface area contributed by atoms with Crippen molar-refractivity contribution < 1.29 is 19.1 Å². The summed E-state index contributed by atoms with van der Waals surface area (Å²) in [6.45, 7) is 12.8. The van der Waals surface area contributed by atoms with Crippen LogP contribution in [0.3, 0.4) is 0 Å². The first kappa shape index (κ1) is 26.1. The molecule has 8 nitrogen and oxygen atoms in total. The molecule has 0 radical (unpaired) electrons. The molecule has 4 rings (SSSR count). The number of rotatable bonds is 12. The van der Waals surface area contributed by atoms with E-state index in [0.29, 0.717) is 19.7 Å². The van der Waals surface area contributed by atoms with E-state index >= 15 is 0 Å². The van der Waals surface area contributed by atoms with Gasteiger partial charge in [-0.3, -0.25) is 9.80 Å². The molecule has 0 bridgehead atoms. The van der Waals surface area contributed by atoms with Crippen LogP contribution < -0.4 is 4.90 Å². The van der Waals surface area contributed by atoms with Gasteiger partial charge >= 0.3 is 0 Å². The van der Waals surface area contributed by atoms with Crippen LogP contribution in [0.5, 0.6) is 0 Å². The van der Waals surface area contributed by atoms with Crippen molar-refractivity contribution in [1.29, 1.82) is 0 Å². The maximum Gasteiger partial charge on any atom is 0.232 e. The van der Waals surface area contributed by atoms with E-state index in [1.165, 1.54) is 19.3 Å². The van der Waals surface area contributed by atoms with Crippen molar-refractivity contribution in [1.82, 2.24) is 15.0 Å². The van der Waals surface area contributed by atoms with Crippen LogP contribution in [0.25, 0.3) is 11.3 Å². The summed E-state index contributed by atoms with van der Waals surface area (Å²) in [5.74, 6) is 0.882. The van der Waals surface area contributed by atoms with Crippen LogP contribution in [0, 0.1) is 0 Å². The minimum Gasteiger partial charge on any atom is -0.389 e. The summed E-state index contributed by atoms with van der Waals surface area (Å²) in [5, 5.41) is 15.3. The molecule has 35 heavy (non-hydrogen) atoms. The van der Waals surface area contributed by atoms with Crippen LogP contribution in [0.1, 0.15) is 38.7 Å². The highest BCUT2D eigenvalue weighted by molar-refractivity contribution is 5.68. The van der Waals surface area contributed by atoms with E-state index in [2.05, 4.69) is 32.0 Å². The van der Waals surface area contributed by atoms with Gasteiger partial charge in [0.2, 0.25) is 5.88 Å². The molecule has 2 fully saturated rings. The number of aliphatic hydroxyl groups is 1. The van der Waals surface area contributed by atoms with E-state index in [-0.39, 0.29) is 6.10 Å². The van der Waals surface area contributed by atoms with Crippen LogP contribution in [0.2, 0.25) is 0 Å². The number of aromatic nitrogens is 1. The Hall–Kier alpha value is -1.97. The van der Waals surface area contributed by atoms with E-state index in [0.717, 1.165) is 75.2 Å². The molecule has 1 unspecified atom stereocenters. The third-order valence-corrected chi connectivity index (χ3v) is 6.77. The Balaban J connectivity index is 1.55. The van der Waals surface area contributed by atoms with Gasteiger partial charge in [0.05, 0.1) is 37.6 Å². The molecule has 1 aromatic heterocycles. The zero-order chi connectivity index (χ0) is 24.5. The van der Waals surface area contributed by atoms with Gasteiger partial charge in [0.1, 0.15) is 5.69 Å². The quantitative estimate of drug-likeness (QED) is 0.490. The molecule has 0 amide bonds. The van der Waals surface area contributed by atoms with Gasteiger partial charge in [-0.05, 0) is 33.1 Å².